The molecule has 1 aromatic carbocycles. The summed E-state index contributed by atoms with van der Waals surface area (Å²) in [5.41, 5.74) is 1.82. The molecule has 1 rings (SSSR count). The molecule has 0 fully saturated rings. The lowest BCUT2D eigenvalue weighted by atomic mass is 10.0. The summed E-state index contributed by atoms with van der Waals surface area (Å²) in [6.45, 7) is 3.71. The number of benzene rings is 1. The second kappa shape index (κ2) is 3.65. The first-order valence-corrected chi connectivity index (χ1v) is 4.02. The molecule has 66 valence electrons. The second-order valence-corrected chi connectivity index (χ2v) is 2.86. The zero-order valence-corrected chi connectivity index (χ0v) is 7.27. The van der Waals surface area contributed by atoms with Gasteiger partial charge in [0.15, 0.2) is 0 Å². The molecule has 0 aliphatic rings. The van der Waals surface area contributed by atoms with E-state index in [9.17, 15) is 8.78 Å². The van der Waals surface area contributed by atoms with E-state index in [1.54, 1.807) is 12.1 Å². The minimum Gasteiger partial charge on any atom is -0.205 e. The minimum atomic E-state index is -2.35. The summed E-state index contributed by atoms with van der Waals surface area (Å²) in [6, 6.07) is 5.20. The van der Waals surface area contributed by atoms with Crippen molar-refractivity contribution in [3.63, 3.8) is 0 Å². The zero-order chi connectivity index (χ0) is 9.14. The third kappa shape index (κ3) is 1.81. The quantitative estimate of drug-likeness (QED) is 0.637. The largest absolute Gasteiger partial charge is 0.264 e. The van der Waals surface area contributed by atoms with Crippen LogP contribution in [0.25, 0.3) is 0 Å². The van der Waals surface area contributed by atoms with Crippen molar-refractivity contribution in [2.45, 2.75) is 26.7 Å². The Kier molecular flexibility index (Phi) is 2.79. The number of aryl methyl sites for hydroxylation is 2. The van der Waals surface area contributed by atoms with Crippen molar-refractivity contribution in [1.29, 1.82) is 0 Å². The average molecular weight is 170 g/mol. The average Bonchev–Trinajstić information content (AvgIpc) is 2.04. The highest BCUT2D eigenvalue weighted by atomic mass is 19.3. The summed E-state index contributed by atoms with van der Waals surface area (Å²) in [7, 11) is 0. The lowest BCUT2D eigenvalue weighted by Gasteiger charge is -2.07. The Hall–Kier alpha value is -0.920. The van der Waals surface area contributed by atoms with E-state index < -0.39 is 6.43 Å². The van der Waals surface area contributed by atoms with Crippen LogP contribution >= 0.6 is 0 Å². The van der Waals surface area contributed by atoms with Crippen LogP contribution in [0.4, 0.5) is 8.78 Å². The van der Waals surface area contributed by atoms with Crippen molar-refractivity contribution in [3.8, 4) is 0 Å². The van der Waals surface area contributed by atoms with Gasteiger partial charge in [-0.1, -0.05) is 30.7 Å². The summed E-state index contributed by atoms with van der Waals surface area (Å²) in [5.74, 6) is 0. The van der Waals surface area contributed by atoms with E-state index in [0.29, 0.717) is 6.42 Å². The van der Waals surface area contributed by atoms with Crippen LogP contribution in [0.3, 0.4) is 0 Å². The van der Waals surface area contributed by atoms with E-state index in [2.05, 4.69) is 0 Å². The van der Waals surface area contributed by atoms with Crippen LogP contribution in [0.2, 0.25) is 0 Å². The number of rotatable bonds is 2. The Morgan fingerprint density at radius 3 is 2.50 bits per heavy atom. The van der Waals surface area contributed by atoms with Crippen LogP contribution in [0.15, 0.2) is 18.2 Å². The predicted molar refractivity (Wildman–Crippen MR) is 45.5 cm³/mol. The Morgan fingerprint density at radius 1 is 1.33 bits per heavy atom. The van der Waals surface area contributed by atoms with E-state index in [4.69, 9.17) is 0 Å². The van der Waals surface area contributed by atoms with Gasteiger partial charge in [-0.15, -0.1) is 0 Å². The minimum absolute atomic E-state index is 0.178. The molecule has 0 saturated heterocycles. The highest BCUT2D eigenvalue weighted by molar-refractivity contribution is 5.32. The van der Waals surface area contributed by atoms with Gasteiger partial charge in [-0.2, -0.15) is 0 Å². The molecular formula is C10H12F2. The van der Waals surface area contributed by atoms with Crippen LogP contribution < -0.4 is 0 Å². The maximum Gasteiger partial charge on any atom is 0.264 e. The van der Waals surface area contributed by atoms with Gasteiger partial charge in [0.25, 0.3) is 6.43 Å². The van der Waals surface area contributed by atoms with Gasteiger partial charge < -0.3 is 0 Å². The highest BCUT2D eigenvalue weighted by Crippen LogP contribution is 2.24. The molecule has 2 heteroatoms. The third-order valence-electron chi connectivity index (χ3n) is 1.92. The van der Waals surface area contributed by atoms with Crippen molar-refractivity contribution in [1.82, 2.24) is 0 Å². The topological polar surface area (TPSA) is 0 Å². The SMILES string of the molecule is CCc1ccc(C)cc1C(F)F. The molecule has 0 radical (unpaired) electrons. The van der Waals surface area contributed by atoms with Gasteiger partial charge >= 0.3 is 0 Å². The van der Waals surface area contributed by atoms with Crippen LogP contribution in [-0.4, -0.2) is 0 Å². The molecule has 0 aromatic heterocycles. The van der Waals surface area contributed by atoms with Crippen LogP contribution in [0.5, 0.6) is 0 Å². The van der Waals surface area contributed by atoms with Crippen molar-refractivity contribution < 1.29 is 8.78 Å². The van der Waals surface area contributed by atoms with Crippen molar-refractivity contribution in [2.75, 3.05) is 0 Å². The first-order chi connectivity index (χ1) is 5.65. The van der Waals surface area contributed by atoms with Crippen LogP contribution in [-0.2, 0) is 6.42 Å². The molecule has 0 saturated carbocycles. The maximum atomic E-state index is 12.4. The standard InChI is InChI=1S/C10H12F2/c1-3-8-5-4-7(2)6-9(8)10(11)12/h4-6,10H,3H2,1-2H3. The predicted octanol–water partition coefficient (Wildman–Crippen LogP) is 3.50. The first kappa shape index (κ1) is 9.17. The first-order valence-electron chi connectivity index (χ1n) is 4.02. The Labute approximate surface area is 71.2 Å². The molecule has 0 spiro atoms. The summed E-state index contributed by atoms with van der Waals surface area (Å²) < 4.78 is 24.8. The number of hydrogen-bond acceptors (Lipinski definition) is 0. The normalized spacial score (nSPS) is 10.8. The van der Waals surface area contributed by atoms with Gasteiger partial charge in [-0.3, -0.25) is 0 Å². The molecule has 0 aliphatic heterocycles. The summed E-state index contributed by atoms with van der Waals surface area (Å²) in [5, 5.41) is 0. The summed E-state index contributed by atoms with van der Waals surface area (Å²) in [6.07, 6.45) is -1.68. The number of hydrogen-bond donors (Lipinski definition) is 0. The lowest BCUT2D eigenvalue weighted by Crippen LogP contribution is -1.93. The van der Waals surface area contributed by atoms with Crippen molar-refractivity contribution >= 4 is 0 Å². The number of alkyl halides is 2. The monoisotopic (exact) mass is 170 g/mol. The third-order valence-corrected chi connectivity index (χ3v) is 1.92. The van der Waals surface area contributed by atoms with E-state index in [-0.39, 0.29) is 5.56 Å². The molecule has 0 nitrogen and oxygen atoms in total. The molecule has 12 heavy (non-hydrogen) atoms. The van der Waals surface area contributed by atoms with Crippen LogP contribution in [0, 0.1) is 6.92 Å². The smallest absolute Gasteiger partial charge is 0.205 e. The summed E-state index contributed by atoms with van der Waals surface area (Å²) in [4.78, 5) is 0. The molecule has 0 unspecified atom stereocenters. The second-order valence-electron chi connectivity index (χ2n) is 2.86. The molecule has 0 N–H and O–H groups in total. The fourth-order valence-corrected chi connectivity index (χ4v) is 1.24. The van der Waals surface area contributed by atoms with Gasteiger partial charge in [0.2, 0.25) is 0 Å². The fraction of sp³-hybridized carbons (Fsp3) is 0.400. The van der Waals surface area contributed by atoms with Gasteiger partial charge in [-0.25, -0.2) is 8.78 Å². The fourth-order valence-electron chi connectivity index (χ4n) is 1.24. The highest BCUT2D eigenvalue weighted by Gasteiger charge is 2.10. The lowest BCUT2D eigenvalue weighted by molar-refractivity contribution is 0.150. The van der Waals surface area contributed by atoms with E-state index in [1.165, 1.54) is 0 Å². The van der Waals surface area contributed by atoms with Crippen molar-refractivity contribution in [2.24, 2.45) is 0 Å². The van der Waals surface area contributed by atoms with Crippen LogP contribution in [0.1, 0.15) is 30.0 Å². The van der Waals surface area contributed by atoms with E-state index in [1.807, 2.05) is 19.9 Å². The molecular weight excluding hydrogens is 158 g/mol. The van der Waals surface area contributed by atoms with Crippen molar-refractivity contribution in [3.05, 3.63) is 34.9 Å². The number of halogens is 2. The molecule has 0 bridgehead atoms. The Balaban J connectivity index is 3.12. The molecule has 1 aromatic rings. The van der Waals surface area contributed by atoms with Gasteiger partial charge in [0, 0.05) is 5.56 Å². The molecule has 0 heterocycles. The van der Waals surface area contributed by atoms with Gasteiger partial charge in [0.05, 0.1) is 0 Å². The Bertz CT molecular complexity index is 267. The summed E-state index contributed by atoms with van der Waals surface area (Å²) >= 11 is 0. The van der Waals surface area contributed by atoms with E-state index >= 15 is 0 Å². The van der Waals surface area contributed by atoms with Gasteiger partial charge in [-0.05, 0) is 18.9 Å². The molecule has 0 aliphatic carbocycles. The maximum absolute atomic E-state index is 12.4. The Morgan fingerprint density at radius 2 is 2.00 bits per heavy atom. The van der Waals surface area contributed by atoms with E-state index in [0.717, 1.165) is 11.1 Å². The zero-order valence-electron chi connectivity index (χ0n) is 7.27. The molecule has 0 atom stereocenters. The molecule has 0 amide bonds. The van der Waals surface area contributed by atoms with Gasteiger partial charge in [0.1, 0.15) is 0 Å².